The molecular weight excluding hydrogens is 318 g/mol. The third-order valence-corrected chi connectivity index (χ3v) is 5.85. The maximum absolute atomic E-state index is 12.8. The number of rotatable bonds is 4. The highest BCUT2D eigenvalue weighted by Gasteiger charge is 2.49. The number of nitrogens with zero attached hydrogens (tertiary/aromatic N) is 4. The zero-order valence-electron chi connectivity index (χ0n) is 14.9. The van der Waals surface area contributed by atoms with Gasteiger partial charge in [-0.05, 0) is 44.2 Å². The monoisotopic (exact) mass is 345 g/mol. The second-order valence-electron chi connectivity index (χ2n) is 7.30. The molecule has 3 fully saturated rings. The van der Waals surface area contributed by atoms with Crippen molar-refractivity contribution in [1.82, 2.24) is 20.2 Å². The molecule has 1 aliphatic carbocycles. The topological polar surface area (TPSA) is 70.6 Å². The second-order valence-corrected chi connectivity index (χ2v) is 7.30. The second kappa shape index (κ2) is 7.15. The molecule has 1 amide bonds. The van der Waals surface area contributed by atoms with Gasteiger partial charge in [0.05, 0.1) is 7.11 Å². The van der Waals surface area contributed by atoms with Crippen molar-refractivity contribution in [3.8, 4) is 5.88 Å². The number of piperidine rings is 1. The first-order valence-electron chi connectivity index (χ1n) is 9.38. The molecule has 0 aromatic carbocycles. The van der Waals surface area contributed by atoms with Crippen molar-refractivity contribution in [2.24, 2.45) is 17.8 Å². The summed E-state index contributed by atoms with van der Waals surface area (Å²) in [7, 11) is 1.61. The number of hydrogen-bond donors (Lipinski definition) is 1. The molecule has 2 saturated heterocycles. The normalized spacial score (nSPS) is 27.2. The van der Waals surface area contributed by atoms with Gasteiger partial charge in [-0.2, -0.15) is 4.98 Å². The standard InChI is InChI=1S/C18H27N5O2/c1-25-16-4-7-20-18(21-16)23-10-8-22(9-11-23)17(24)15-12-14(15)13-2-5-19-6-3-13/h4,7,13-15,19H,2-3,5-6,8-12H2,1H3/t14-,15+/m0/s1. The van der Waals surface area contributed by atoms with E-state index in [1.807, 2.05) is 4.90 Å². The van der Waals surface area contributed by atoms with E-state index in [9.17, 15) is 4.79 Å². The van der Waals surface area contributed by atoms with Gasteiger partial charge in [-0.3, -0.25) is 4.79 Å². The van der Waals surface area contributed by atoms with Crippen LogP contribution in [-0.4, -0.2) is 67.2 Å². The number of anilines is 1. The summed E-state index contributed by atoms with van der Waals surface area (Å²) in [6.45, 7) is 5.31. The Morgan fingerprint density at radius 2 is 2.00 bits per heavy atom. The van der Waals surface area contributed by atoms with Crippen LogP contribution >= 0.6 is 0 Å². The quantitative estimate of drug-likeness (QED) is 0.869. The van der Waals surface area contributed by atoms with Gasteiger partial charge in [0, 0.05) is 44.4 Å². The van der Waals surface area contributed by atoms with Crippen LogP contribution in [0.4, 0.5) is 5.95 Å². The molecule has 0 unspecified atom stereocenters. The van der Waals surface area contributed by atoms with Crippen molar-refractivity contribution in [1.29, 1.82) is 0 Å². The molecule has 136 valence electrons. The van der Waals surface area contributed by atoms with Crippen LogP contribution in [0.5, 0.6) is 5.88 Å². The van der Waals surface area contributed by atoms with Crippen LogP contribution < -0.4 is 15.0 Å². The minimum Gasteiger partial charge on any atom is -0.481 e. The number of methoxy groups -OCH3 is 1. The zero-order chi connectivity index (χ0) is 17.2. The third kappa shape index (κ3) is 3.56. The molecule has 4 rings (SSSR count). The van der Waals surface area contributed by atoms with Crippen LogP contribution in [0.3, 0.4) is 0 Å². The fourth-order valence-electron chi connectivity index (χ4n) is 4.25. The third-order valence-electron chi connectivity index (χ3n) is 5.85. The highest BCUT2D eigenvalue weighted by molar-refractivity contribution is 5.82. The van der Waals surface area contributed by atoms with Crippen molar-refractivity contribution in [3.05, 3.63) is 12.3 Å². The van der Waals surface area contributed by atoms with E-state index in [1.54, 1.807) is 19.4 Å². The molecule has 0 bridgehead atoms. The van der Waals surface area contributed by atoms with E-state index < -0.39 is 0 Å². The van der Waals surface area contributed by atoms with Crippen LogP contribution in [0.15, 0.2) is 12.3 Å². The summed E-state index contributed by atoms with van der Waals surface area (Å²) in [6, 6.07) is 1.75. The van der Waals surface area contributed by atoms with Gasteiger partial charge in [0.25, 0.3) is 0 Å². The average Bonchev–Trinajstić information content (AvgIpc) is 3.49. The van der Waals surface area contributed by atoms with Crippen molar-refractivity contribution in [2.45, 2.75) is 19.3 Å². The summed E-state index contributed by atoms with van der Waals surface area (Å²) in [6.07, 6.45) is 5.28. The molecule has 3 aliphatic rings. The Morgan fingerprint density at radius 1 is 1.24 bits per heavy atom. The number of carbonyl (C=O) groups excluding carboxylic acids is 1. The lowest BCUT2D eigenvalue weighted by Crippen LogP contribution is -2.50. The number of aromatic nitrogens is 2. The largest absolute Gasteiger partial charge is 0.481 e. The maximum atomic E-state index is 12.8. The highest BCUT2D eigenvalue weighted by atomic mass is 16.5. The smallest absolute Gasteiger partial charge is 0.228 e. The molecule has 3 heterocycles. The number of ether oxygens (including phenoxy) is 1. The fraction of sp³-hybridized carbons (Fsp3) is 0.722. The van der Waals surface area contributed by atoms with Crippen LogP contribution in [0, 0.1) is 17.8 Å². The van der Waals surface area contributed by atoms with Gasteiger partial charge in [-0.15, -0.1) is 0 Å². The number of carbonyl (C=O) groups is 1. The molecule has 7 nitrogen and oxygen atoms in total. The van der Waals surface area contributed by atoms with Crippen LogP contribution in [-0.2, 0) is 4.79 Å². The van der Waals surface area contributed by atoms with Crippen molar-refractivity contribution >= 4 is 11.9 Å². The van der Waals surface area contributed by atoms with Crippen LogP contribution in [0.2, 0.25) is 0 Å². The van der Waals surface area contributed by atoms with E-state index in [2.05, 4.69) is 20.2 Å². The first kappa shape index (κ1) is 16.6. The summed E-state index contributed by atoms with van der Waals surface area (Å²) in [5.41, 5.74) is 0. The Hall–Kier alpha value is -1.89. The first-order chi connectivity index (χ1) is 12.3. The molecule has 1 saturated carbocycles. The Bertz CT molecular complexity index is 611. The van der Waals surface area contributed by atoms with E-state index in [-0.39, 0.29) is 5.92 Å². The predicted molar refractivity (Wildman–Crippen MR) is 94.6 cm³/mol. The molecule has 2 aliphatic heterocycles. The van der Waals surface area contributed by atoms with E-state index in [4.69, 9.17) is 4.74 Å². The molecule has 7 heteroatoms. The van der Waals surface area contributed by atoms with Gasteiger partial charge in [0.15, 0.2) is 0 Å². The fourth-order valence-corrected chi connectivity index (χ4v) is 4.25. The van der Waals surface area contributed by atoms with Gasteiger partial charge in [0.1, 0.15) is 0 Å². The van der Waals surface area contributed by atoms with E-state index in [0.717, 1.165) is 51.6 Å². The van der Waals surface area contributed by atoms with E-state index in [1.165, 1.54) is 12.8 Å². The lowest BCUT2D eigenvalue weighted by molar-refractivity contribution is -0.133. The van der Waals surface area contributed by atoms with Gasteiger partial charge < -0.3 is 19.9 Å². The number of hydrogen-bond acceptors (Lipinski definition) is 6. The summed E-state index contributed by atoms with van der Waals surface area (Å²) >= 11 is 0. The van der Waals surface area contributed by atoms with E-state index >= 15 is 0 Å². The van der Waals surface area contributed by atoms with Gasteiger partial charge in [0.2, 0.25) is 17.7 Å². The average molecular weight is 345 g/mol. The first-order valence-corrected chi connectivity index (χ1v) is 9.38. The van der Waals surface area contributed by atoms with Gasteiger partial charge in [-0.1, -0.05) is 0 Å². The van der Waals surface area contributed by atoms with Crippen molar-refractivity contribution in [3.63, 3.8) is 0 Å². The molecule has 2 atom stereocenters. The Balaban J connectivity index is 1.29. The SMILES string of the molecule is COc1ccnc(N2CCN(C(=O)[C@@H]3C[C@H]3C3CCNCC3)CC2)n1. The van der Waals surface area contributed by atoms with Crippen LogP contribution in [0.1, 0.15) is 19.3 Å². The van der Waals surface area contributed by atoms with E-state index in [0.29, 0.717) is 23.7 Å². The molecule has 0 radical (unpaired) electrons. The Morgan fingerprint density at radius 3 is 2.72 bits per heavy atom. The predicted octanol–water partition coefficient (Wildman–Crippen LogP) is 0.770. The number of piperazine rings is 1. The minimum atomic E-state index is 0.280. The van der Waals surface area contributed by atoms with Gasteiger partial charge >= 0.3 is 0 Å². The van der Waals surface area contributed by atoms with Crippen LogP contribution in [0.25, 0.3) is 0 Å². The van der Waals surface area contributed by atoms with Crippen molar-refractivity contribution in [2.75, 3.05) is 51.3 Å². The molecule has 1 N–H and O–H groups in total. The molecule has 0 spiro atoms. The summed E-state index contributed by atoms with van der Waals surface area (Å²) in [5, 5.41) is 3.41. The Labute approximate surface area is 148 Å². The molecule has 1 aromatic heterocycles. The minimum absolute atomic E-state index is 0.280. The maximum Gasteiger partial charge on any atom is 0.228 e. The molecule has 1 aromatic rings. The van der Waals surface area contributed by atoms with Gasteiger partial charge in [-0.25, -0.2) is 4.98 Å². The zero-order valence-corrected chi connectivity index (χ0v) is 14.9. The Kier molecular flexibility index (Phi) is 4.74. The summed E-state index contributed by atoms with van der Waals surface area (Å²) in [4.78, 5) is 25.7. The number of nitrogens with one attached hydrogen (secondary N) is 1. The molecular formula is C18H27N5O2. The summed E-state index contributed by atoms with van der Waals surface area (Å²) < 4.78 is 5.17. The summed E-state index contributed by atoms with van der Waals surface area (Å²) in [5.74, 6) is 3.30. The molecule has 25 heavy (non-hydrogen) atoms. The number of amides is 1. The highest BCUT2D eigenvalue weighted by Crippen LogP contribution is 2.48. The lowest BCUT2D eigenvalue weighted by atomic mass is 9.92. The lowest BCUT2D eigenvalue weighted by Gasteiger charge is -2.35. The van der Waals surface area contributed by atoms with Crippen molar-refractivity contribution < 1.29 is 9.53 Å².